The Hall–Kier alpha value is -0.660. The van der Waals surface area contributed by atoms with Crippen molar-refractivity contribution in [2.24, 2.45) is 11.3 Å². The first-order valence-corrected chi connectivity index (χ1v) is 7.11. The Morgan fingerprint density at radius 1 is 0.941 bits per heavy atom. The molecule has 17 heavy (non-hydrogen) atoms. The molecule has 1 unspecified atom stereocenters. The molecule has 0 saturated heterocycles. The zero-order chi connectivity index (χ0) is 13.5. The first-order valence-electron chi connectivity index (χ1n) is 7.11. The maximum absolute atomic E-state index is 12.4. The quantitative estimate of drug-likeness (QED) is 0.567. The molecule has 0 amide bonds. The van der Waals surface area contributed by atoms with Crippen LogP contribution in [-0.4, -0.2) is 11.6 Å². The number of carbonyl (C=O) groups excluding carboxylic acids is 2. The summed E-state index contributed by atoms with van der Waals surface area (Å²) in [5.74, 6) is -0.304. The van der Waals surface area contributed by atoms with E-state index in [-0.39, 0.29) is 17.5 Å². The van der Waals surface area contributed by atoms with Gasteiger partial charge in [-0.2, -0.15) is 0 Å². The van der Waals surface area contributed by atoms with E-state index in [1.54, 1.807) is 0 Å². The van der Waals surface area contributed by atoms with Crippen molar-refractivity contribution in [1.29, 1.82) is 0 Å². The van der Waals surface area contributed by atoms with Crippen LogP contribution < -0.4 is 0 Å². The minimum Gasteiger partial charge on any atom is -0.291 e. The average molecular weight is 240 g/mol. The number of hydrogen-bond acceptors (Lipinski definition) is 2. The Kier molecular flexibility index (Phi) is 7.33. The van der Waals surface area contributed by atoms with Gasteiger partial charge in [0, 0.05) is 11.3 Å². The number of hydrogen-bond donors (Lipinski definition) is 0. The van der Waals surface area contributed by atoms with Gasteiger partial charge in [-0.25, -0.2) is 0 Å². The van der Waals surface area contributed by atoms with Crippen molar-refractivity contribution >= 4 is 11.6 Å². The molecule has 2 nitrogen and oxygen atoms in total. The normalized spacial score (nSPS) is 13.5. The maximum Gasteiger partial charge on any atom is 0.204 e. The van der Waals surface area contributed by atoms with Gasteiger partial charge in [0.2, 0.25) is 11.6 Å². The molecule has 0 bridgehead atoms. The standard InChI is InChI=1S/C15H28O2/c1-6-11-12(7-2)13(16)14(17)15(8-3,9-4)10-5/h12H,6-11H2,1-5H3. The Morgan fingerprint density at radius 3 is 1.71 bits per heavy atom. The number of ketones is 2. The highest BCUT2D eigenvalue weighted by Gasteiger charge is 2.38. The van der Waals surface area contributed by atoms with E-state index in [4.69, 9.17) is 0 Å². The third-order valence-electron chi connectivity index (χ3n) is 4.24. The molecule has 0 radical (unpaired) electrons. The van der Waals surface area contributed by atoms with Crippen molar-refractivity contribution in [2.45, 2.75) is 73.1 Å². The molecule has 0 fully saturated rings. The minimum absolute atomic E-state index is 0.0588. The highest BCUT2D eigenvalue weighted by molar-refractivity contribution is 6.39. The van der Waals surface area contributed by atoms with Gasteiger partial charge in [0.15, 0.2) is 0 Å². The Labute approximate surface area is 106 Å². The lowest BCUT2D eigenvalue weighted by atomic mass is 9.72. The fourth-order valence-corrected chi connectivity index (χ4v) is 2.55. The molecule has 0 heterocycles. The van der Waals surface area contributed by atoms with E-state index in [0.717, 1.165) is 38.5 Å². The summed E-state index contributed by atoms with van der Waals surface area (Å²) in [7, 11) is 0. The molecule has 0 N–H and O–H groups in total. The van der Waals surface area contributed by atoms with Gasteiger partial charge in [-0.1, -0.05) is 41.0 Å². The Morgan fingerprint density at radius 2 is 1.41 bits per heavy atom. The van der Waals surface area contributed by atoms with Gasteiger partial charge in [-0.15, -0.1) is 0 Å². The predicted molar refractivity (Wildman–Crippen MR) is 72.0 cm³/mol. The topological polar surface area (TPSA) is 34.1 Å². The second kappa shape index (κ2) is 7.62. The molecule has 0 aliphatic rings. The lowest BCUT2D eigenvalue weighted by molar-refractivity contribution is -0.145. The van der Waals surface area contributed by atoms with Crippen LogP contribution in [0.15, 0.2) is 0 Å². The van der Waals surface area contributed by atoms with Gasteiger partial charge < -0.3 is 0 Å². The Balaban J connectivity index is 4.94. The summed E-state index contributed by atoms with van der Waals surface area (Å²) >= 11 is 0. The SMILES string of the molecule is CCCC(CC)C(=O)C(=O)C(CC)(CC)CC. The van der Waals surface area contributed by atoms with Crippen molar-refractivity contribution < 1.29 is 9.59 Å². The van der Waals surface area contributed by atoms with Gasteiger partial charge in [0.05, 0.1) is 0 Å². The molecule has 0 aromatic heterocycles. The zero-order valence-corrected chi connectivity index (χ0v) is 12.1. The van der Waals surface area contributed by atoms with Crippen molar-refractivity contribution in [1.82, 2.24) is 0 Å². The van der Waals surface area contributed by atoms with Gasteiger partial charge in [0.25, 0.3) is 0 Å². The smallest absolute Gasteiger partial charge is 0.204 e. The second-order valence-corrected chi connectivity index (χ2v) is 4.93. The molecule has 0 rings (SSSR count). The van der Waals surface area contributed by atoms with E-state index in [1.807, 2.05) is 27.7 Å². The summed E-state index contributed by atoms with van der Waals surface area (Å²) in [5.41, 5.74) is -0.405. The average Bonchev–Trinajstić information content (AvgIpc) is 2.37. The van der Waals surface area contributed by atoms with E-state index in [1.165, 1.54) is 0 Å². The maximum atomic E-state index is 12.4. The first kappa shape index (κ1) is 16.3. The molecular weight excluding hydrogens is 212 g/mol. The molecule has 1 atom stereocenters. The van der Waals surface area contributed by atoms with Crippen LogP contribution in [0.5, 0.6) is 0 Å². The monoisotopic (exact) mass is 240 g/mol. The van der Waals surface area contributed by atoms with Gasteiger partial charge in [-0.3, -0.25) is 9.59 Å². The van der Waals surface area contributed by atoms with Crippen molar-refractivity contribution in [2.75, 3.05) is 0 Å². The molecular formula is C15H28O2. The lowest BCUT2D eigenvalue weighted by Gasteiger charge is -2.29. The van der Waals surface area contributed by atoms with Crippen molar-refractivity contribution in [3.05, 3.63) is 0 Å². The fourth-order valence-electron chi connectivity index (χ4n) is 2.55. The summed E-state index contributed by atoms with van der Waals surface area (Å²) in [6, 6.07) is 0. The van der Waals surface area contributed by atoms with Crippen LogP contribution in [0, 0.1) is 11.3 Å². The molecule has 0 spiro atoms. The molecule has 0 aliphatic heterocycles. The van der Waals surface area contributed by atoms with Crippen LogP contribution in [-0.2, 0) is 9.59 Å². The molecule has 0 saturated carbocycles. The van der Waals surface area contributed by atoms with Gasteiger partial charge in [-0.05, 0) is 32.1 Å². The van der Waals surface area contributed by atoms with Crippen LogP contribution in [0.1, 0.15) is 73.1 Å². The van der Waals surface area contributed by atoms with E-state index in [9.17, 15) is 9.59 Å². The van der Waals surface area contributed by atoms with E-state index in [0.29, 0.717) is 0 Å². The van der Waals surface area contributed by atoms with Crippen molar-refractivity contribution in [3.8, 4) is 0 Å². The highest BCUT2D eigenvalue weighted by atomic mass is 16.2. The lowest BCUT2D eigenvalue weighted by Crippen LogP contribution is -2.38. The molecule has 2 heteroatoms. The van der Waals surface area contributed by atoms with Crippen LogP contribution >= 0.6 is 0 Å². The van der Waals surface area contributed by atoms with Crippen LogP contribution in [0.2, 0.25) is 0 Å². The highest BCUT2D eigenvalue weighted by Crippen LogP contribution is 2.33. The van der Waals surface area contributed by atoms with E-state index in [2.05, 4.69) is 6.92 Å². The largest absolute Gasteiger partial charge is 0.291 e. The molecule has 0 aromatic carbocycles. The summed E-state index contributed by atoms with van der Waals surface area (Å²) in [6.07, 6.45) is 4.90. The molecule has 0 aromatic rings. The zero-order valence-electron chi connectivity index (χ0n) is 12.1. The van der Waals surface area contributed by atoms with E-state index < -0.39 is 5.41 Å². The van der Waals surface area contributed by atoms with Crippen LogP contribution in [0.25, 0.3) is 0 Å². The van der Waals surface area contributed by atoms with Gasteiger partial charge in [0.1, 0.15) is 0 Å². The number of carbonyl (C=O) groups is 2. The molecule has 100 valence electrons. The third kappa shape index (κ3) is 3.65. The number of rotatable bonds is 9. The summed E-state index contributed by atoms with van der Waals surface area (Å²) < 4.78 is 0. The van der Waals surface area contributed by atoms with E-state index >= 15 is 0 Å². The Bertz CT molecular complexity index is 243. The number of Topliss-reactive ketones (excluding diaryl/α,β-unsaturated/α-hetero) is 2. The minimum atomic E-state index is -0.405. The predicted octanol–water partition coefficient (Wildman–Crippen LogP) is 4.17. The summed E-state index contributed by atoms with van der Waals surface area (Å²) in [4.78, 5) is 24.6. The third-order valence-corrected chi connectivity index (χ3v) is 4.24. The van der Waals surface area contributed by atoms with Crippen molar-refractivity contribution in [3.63, 3.8) is 0 Å². The van der Waals surface area contributed by atoms with Crippen LogP contribution in [0.4, 0.5) is 0 Å². The second-order valence-electron chi connectivity index (χ2n) is 4.93. The summed E-state index contributed by atoms with van der Waals surface area (Å²) in [6.45, 7) is 10.1. The summed E-state index contributed by atoms with van der Waals surface area (Å²) in [5, 5.41) is 0. The first-order chi connectivity index (χ1) is 8.02. The fraction of sp³-hybridized carbons (Fsp3) is 0.867. The van der Waals surface area contributed by atoms with Crippen LogP contribution in [0.3, 0.4) is 0 Å². The molecule has 0 aliphatic carbocycles. The van der Waals surface area contributed by atoms with Gasteiger partial charge >= 0.3 is 0 Å².